The highest BCUT2D eigenvalue weighted by Crippen LogP contribution is 2.30. The molecule has 1 aliphatic rings. The van der Waals surface area contributed by atoms with Gasteiger partial charge in [0.05, 0.1) is 4.75 Å². The van der Waals surface area contributed by atoms with Crippen molar-refractivity contribution < 1.29 is 8.95 Å². The highest BCUT2D eigenvalue weighted by molar-refractivity contribution is 7.86. The standard InChI is InChI=1S/C19H25N3O2S/c1-3-19(4-2)15-22(12-13-25(19)23)18-20-11-10-17(21-18)24-14-16-8-6-5-7-9-16/h5-11H,3-4,12-15H2,1-2H3. The number of anilines is 1. The van der Waals surface area contributed by atoms with E-state index in [4.69, 9.17) is 4.74 Å². The number of benzene rings is 1. The lowest BCUT2D eigenvalue weighted by Crippen LogP contribution is -2.53. The van der Waals surface area contributed by atoms with E-state index in [0.29, 0.717) is 24.2 Å². The van der Waals surface area contributed by atoms with Gasteiger partial charge >= 0.3 is 0 Å². The lowest BCUT2D eigenvalue weighted by Gasteiger charge is -2.41. The Labute approximate surface area is 151 Å². The molecule has 0 amide bonds. The second kappa shape index (κ2) is 7.95. The van der Waals surface area contributed by atoms with Gasteiger partial charge in [0.1, 0.15) is 6.61 Å². The first-order valence-corrected chi connectivity index (χ1v) is 10.1. The molecule has 0 saturated carbocycles. The Kier molecular flexibility index (Phi) is 5.68. The van der Waals surface area contributed by atoms with E-state index in [2.05, 4.69) is 28.7 Å². The molecule has 0 bridgehead atoms. The average Bonchev–Trinajstić information content (AvgIpc) is 2.68. The Hall–Kier alpha value is -1.95. The zero-order valence-electron chi connectivity index (χ0n) is 14.9. The highest BCUT2D eigenvalue weighted by Gasteiger charge is 2.39. The molecule has 2 heterocycles. The minimum absolute atomic E-state index is 0.164. The Morgan fingerprint density at radius 1 is 1.20 bits per heavy atom. The topological polar surface area (TPSA) is 55.3 Å². The van der Waals surface area contributed by atoms with E-state index in [-0.39, 0.29) is 4.75 Å². The molecule has 25 heavy (non-hydrogen) atoms. The van der Waals surface area contributed by atoms with Crippen LogP contribution in [0.25, 0.3) is 0 Å². The molecule has 2 aromatic rings. The average molecular weight is 359 g/mol. The van der Waals surface area contributed by atoms with E-state index >= 15 is 0 Å². The zero-order valence-corrected chi connectivity index (χ0v) is 15.7. The molecule has 0 radical (unpaired) electrons. The summed E-state index contributed by atoms with van der Waals surface area (Å²) in [4.78, 5) is 11.1. The first-order valence-electron chi connectivity index (χ1n) is 8.80. The summed E-state index contributed by atoms with van der Waals surface area (Å²) in [7, 11) is -0.793. The molecule has 1 aromatic heterocycles. The Balaban J connectivity index is 1.71. The summed E-state index contributed by atoms with van der Waals surface area (Å²) in [5.74, 6) is 1.90. The second-order valence-corrected chi connectivity index (χ2v) is 8.30. The fourth-order valence-corrected chi connectivity index (χ4v) is 4.93. The van der Waals surface area contributed by atoms with Crippen LogP contribution in [0.3, 0.4) is 0 Å². The molecule has 1 aromatic carbocycles. The molecular weight excluding hydrogens is 334 g/mol. The third-order valence-corrected chi connectivity index (χ3v) is 7.15. The Bertz CT molecular complexity index is 720. The Morgan fingerprint density at radius 3 is 2.68 bits per heavy atom. The van der Waals surface area contributed by atoms with Crippen molar-refractivity contribution in [3.8, 4) is 5.88 Å². The van der Waals surface area contributed by atoms with E-state index < -0.39 is 10.8 Å². The van der Waals surface area contributed by atoms with Crippen LogP contribution in [0, 0.1) is 0 Å². The van der Waals surface area contributed by atoms with Crippen molar-refractivity contribution in [3.05, 3.63) is 48.2 Å². The largest absolute Gasteiger partial charge is 0.473 e. The predicted molar refractivity (Wildman–Crippen MR) is 101 cm³/mol. The van der Waals surface area contributed by atoms with Gasteiger partial charge in [0, 0.05) is 41.9 Å². The van der Waals surface area contributed by atoms with Gasteiger partial charge in [-0.05, 0) is 18.4 Å². The van der Waals surface area contributed by atoms with Gasteiger partial charge in [0.2, 0.25) is 11.8 Å². The van der Waals surface area contributed by atoms with Gasteiger partial charge in [0.25, 0.3) is 0 Å². The third-order valence-electron chi connectivity index (χ3n) is 4.93. The lowest BCUT2D eigenvalue weighted by atomic mass is 10.0. The van der Waals surface area contributed by atoms with Gasteiger partial charge in [-0.15, -0.1) is 0 Å². The van der Waals surface area contributed by atoms with Gasteiger partial charge in [-0.25, -0.2) is 4.98 Å². The maximum Gasteiger partial charge on any atom is 0.228 e. The Morgan fingerprint density at radius 2 is 1.96 bits per heavy atom. The lowest BCUT2D eigenvalue weighted by molar-refractivity contribution is 0.293. The summed E-state index contributed by atoms with van der Waals surface area (Å²) in [6.07, 6.45) is 3.53. The van der Waals surface area contributed by atoms with Crippen molar-refractivity contribution in [2.75, 3.05) is 23.7 Å². The van der Waals surface area contributed by atoms with Gasteiger partial charge < -0.3 is 9.64 Å². The number of rotatable bonds is 6. The molecule has 0 N–H and O–H groups in total. The smallest absolute Gasteiger partial charge is 0.228 e. The summed E-state index contributed by atoms with van der Waals surface area (Å²) in [5, 5.41) is 0. The second-order valence-electron chi connectivity index (χ2n) is 6.33. The molecule has 3 rings (SSSR count). The number of hydrogen-bond donors (Lipinski definition) is 0. The SMILES string of the molecule is CCC1(CC)CN(c2nccc(OCc3ccccc3)n2)CCS1=O. The first kappa shape index (κ1) is 17.9. The van der Waals surface area contributed by atoms with Crippen molar-refractivity contribution in [2.45, 2.75) is 38.0 Å². The fraction of sp³-hybridized carbons (Fsp3) is 0.474. The van der Waals surface area contributed by atoms with Crippen LogP contribution in [0.5, 0.6) is 5.88 Å². The molecule has 1 fully saturated rings. The van der Waals surface area contributed by atoms with E-state index in [1.807, 2.05) is 30.3 Å². The minimum Gasteiger partial charge on any atom is -0.473 e. The minimum atomic E-state index is -0.793. The maximum atomic E-state index is 12.5. The number of nitrogens with zero attached hydrogens (tertiary/aromatic N) is 3. The highest BCUT2D eigenvalue weighted by atomic mass is 32.2. The van der Waals surface area contributed by atoms with E-state index in [1.54, 1.807) is 12.3 Å². The molecule has 0 aliphatic carbocycles. The van der Waals surface area contributed by atoms with Crippen LogP contribution in [0.4, 0.5) is 5.95 Å². The van der Waals surface area contributed by atoms with Gasteiger partial charge in [0.15, 0.2) is 0 Å². The van der Waals surface area contributed by atoms with Crippen LogP contribution < -0.4 is 9.64 Å². The summed E-state index contributed by atoms with van der Waals surface area (Å²) in [5.41, 5.74) is 1.10. The van der Waals surface area contributed by atoms with Crippen molar-refractivity contribution in [1.82, 2.24) is 9.97 Å². The molecule has 1 atom stereocenters. The van der Waals surface area contributed by atoms with Gasteiger partial charge in [-0.2, -0.15) is 4.98 Å². The van der Waals surface area contributed by atoms with Crippen molar-refractivity contribution in [2.24, 2.45) is 0 Å². The number of hydrogen-bond acceptors (Lipinski definition) is 5. The molecule has 134 valence electrons. The third kappa shape index (κ3) is 4.00. The van der Waals surface area contributed by atoms with E-state index in [1.165, 1.54) is 0 Å². The van der Waals surface area contributed by atoms with Crippen LogP contribution in [0.15, 0.2) is 42.6 Å². The van der Waals surface area contributed by atoms with Crippen molar-refractivity contribution in [1.29, 1.82) is 0 Å². The molecule has 5 nitrogen and oxygen atoms in total. The predicted octanol–water partition coefficient (Wildman–Crippen LogP) is 3.18. The van der Waals surface area contributed by atoms with Gasteiger partial charge in [-0.1, -0.05) is 44.2 Å². The quantitative estimate of drug-likeness (QED) is 0.793. The van der Waals surface area contributed by atoms with Crippen LogP contribution >= 0.6 is 0 Å². The van der Waals surface area contributed by atoms with E-state index in [0.717, 1.165) is 31.5 Å². The molecular formula is C19H25N3O2S. The monoisotopic (exact) mass is 359 g/mol. The first-order chi connectivity index (χ1) is 12.2. The van der Waals surface area contributed by atoms with Crippen LogP contribution in [-0.4, -0.2) is 37.8 Å². The van der Waals surface area contributed by atoms with Crippen LogP contribution in [-0.2, 0) is 17.4 Å². The molecule has 0 spiro atoms. The molecule has 6 heteroatoms. The number of ether oxygens (including phenoxy) is 1. The maximum absolute atomic E-state index is 12.5. The van der Waals surface area contributed by atoms with Crippen LogP contribution in [0.2, 0.25) is 0 Å². The van der Waals surface area contributed by atoms with Gasteiger partial charge in [-0.3, -0.25) is 4.21 Å². The van der Waals surface area contributed by atoms with Crippen molar-refractivity contribution >= 4 is 16.7 Å². The summed E-state index contributed by atoms with van der Waals surface area (Å²) in [6, 6.07) is 11.8. The fourth-order valence-electron chi connectivity index (χ4n) is 3.17. The molecule has 1 unspecified atom stereocenters. The normalized spacial score (nSPS) is 19.6. The molecule has 1 saturated heterocycles. The zero-order chi connectivity index (χ0) is 17.7. The summed E-state index contributed by atoms with van der Waals surface area (Å²) in [6.45, 7) is 6.16. The molecule has 1 aliphatic heterocycles. The van der Waals surface area contributed by atoms with Crippen LogP contribution in [0.1, 0.15) is 32.3 Å². The number of aromatic nitrogens is 2. The van der Waals surface area contributed by atoms with Crippen molar-refractivity contribution in [3.63, 3.8) is 0 Å². The van der Waals surface area contributed by atoms with E-state index in [9.17, 15) is 4.21 Å². The summed E-state index contributed by atoms with van der Waals surface area (Å²) < 4.78 is 18.1. The summed E-state index contributed by atoms with van der Waals surface area (Å²) >= 11 is 0.